The molecule has 1 aromatic carbocycles. The Balaban J connectivity index is 2.15. The van der Waals surface area contributed by atoms with E-state index in [1.54, 1.807) is 23.1 Å². The van der Waals surface area contributed by atoms with Gasteiger partial charge in [0, 0.05) is 7.05 Å². The Bertz CT molecular complexity index is 762. The number of rotatable bonds is 2. The predicted molar refractivity (Wildman–Crippen MR) is 69.3 cm³/mol. The first-order valence-electron chi connectivity index (χ1n) is 5.91. The molecule has 0 N–H and O–H groups in total. The van der Waals surface area contributed by atoms with Crippen molar-refractivity contribution < 1.29 is 0 Å². The minimum Gasteiger partial charge on any atom is -0.329 e. The summed E-state index contributed by atoms with van der Waals surface area (Å²) in [5.74, 6) is 0.885. The molecular formula is C13H12N6. The minimum absolute atomic E-state index is 0.00886. The van der Waals surface area contributed by atoms with E-state index in [1.165, 1.54) is 6.33 Å². The molecule has 3 aromatic rings. The summed E-state index contributed by atoms with van der Waals surface area (Å²) in [7, 11) is 1.96. The van der Waals surface area contributed by atoms with E-state index in [4.69, 9.17) is 5.26 Å². The van der Waals surface area contributed by atoms with Crippen molar-refractivity contribution in [2.75, 3.05) is 0 Å². The summed E-state index contributed by atoms with van der Waals surface area (Å²) in [5.41, 5.74) is 2.44. The number of imidazole rings is 1. The minimum atomic E-state index is -0.00886. The predicted octanol–water partition coefficient (Wildman–Crippen LogP) is 1.65. The van der Waals surface area contributed by atoms with Crippen molar-refractivity contribution in [1.82, 2.24) is 24.3 Å². The Morgan fingerprint density at radius 2 is 2.21 bits per heavy atom. The van der Waals surface area contributed by atoms with Crippen LogP contribution in [0.2, 0.25) is 0 Å². The Kier molecular flexibility index (Phi) is 2.53. The van der Waals surface area contributed by atoms with Crippen LogP contribution in [0.5, 0.6) is 0 Å². The first kappa shape index (κ1) is 11.4. The summed E-state index contributed by atoms with van der Waals surface area (Å²) in [6.45, 7) is 2.01. The molecule has 6 heteroatoms. The van der Waals surface area contributed by atoms with E-state index in [0.717, 1.165) is 16.9 Å². The average molecular weight is 252 g/mol. The smallest absolute Gasteiger partial charge is 0.137 e. The number of nitrogens with zero attached hydrogens (tertiary/aromatic N) is 6. The summed E-state index contributed by atoms with van der Waals surface area (Å²) >= 11 is 0. The van der Waals surface area contributed by atoms with Gasteiger partial charge in [-0.25, -0.2) is 14.6 Å². The van der Waals surface area contributed by atoms with Gasteiger partial charge in [0.1, 0.15) is 24.5 Å². The fraction of sp³-hybridized carbons (Fsp3) is 0.231. The molecule has 0 aliphatic rings. The van der Waals surface area contributed by atoms with Crippen LogP contribution in [0.15, 0.2) is 30.9 Å². The number of hydrogen-bond donors (Lipinski definition) is 0. The zero-order valence-electron chi connectivity index (χ0n) is 10.6. The largest absolute Gasteiger partial charge is 0.329 e. The van der Waals surface area contributed by atoms with Gasteiger partial charge >= 0.3 is 0 Å². The maximum Gasteiger partial charge on any atom is 0.137 e. The lowest BCUT2D eigenvalue weighted by Crippen LogP contribution is -2.12. The van der Waals surface area contributed by atoms with Crippen LogP contribution in [-0.2, 0) is 7.05 Å². The molecule has 0 saturated carbocycles. The highest BCUT2D eigenvalue weighted by molar-refractivity contribution is 5.77. The maximum atomic E-state index is 8.93. The maximum absolute atomic E-state index is 8.93. The zero-order valence-corrected chi connectivity index (χ0v) is 10.6. The molecule has 0 radical (unpaired) electrons. The van der Waals surface area contributed by atoms with Crippen LogP contribution in [-0.4, -0.2) is 24.3 Å². The molecule has 0 fully saturated rings. The fourth-order valence-corrected chi connectivity index (χ4v) is 2.20. The van der Waals surface area contributed by atoms with E-state index in [1.807, 2.05) is 24.6 Å². The monoisotopic (exact) mass is 252 g/mol. The van der Waals surface area contributed by atoms with E-state index in [9.17, 15) is 0 Å². The van der Waals surface area contributed by atoms with Gasteiger partial charge in [-0.1, -0.05) is 0 Å². The highest BCUT2D eigenvalue weighted by Gasteiger charge is 2.16. The zero-order chi connectivity index (χ0) is 13.4. The van der Waals surface area contributed by atoms with E-state index >= 15 is 0 Å². The number of fused-ring (bicyclic) bond motifs is 1. The molecule has 1 unspecified atom stereocenters. The van der Waals surface area contributed by atoms with E-state index in [2.05, 4.69) is 21.1 Å². The molecule has 0 amide bonds. The van der Waals surface area contributed by atoms with Crippen LogP contribution in [0, 0.1) is 11.3 Å². The number of benzene rings is 1. The molecule has 0 aliphatic carbocycles. The summed E-state index contributed by atoms with van der Waals surface area (Å²) in [6.07, 6.45) is 3.18. The first-order valence-corrected chi connectivity index (χ1v) is 5.91. The number of aromatic nitrogens is 5. The van der Waals surface area contributed by atoms with E-state index in [-0.39, 0.29) is 6.04 Å². The Hall–Kier alpha value is -2.68. The van der Waals surface area contributed by atoms with Gasteiger partial charge in [-0.2, -0.15) is 10.4 Å². The second-order valence-electron chi connectivity index (χ2n) is 4.40. The Labute approximate surface area is 109 Å². The molecule has 2 aromatic heterocycles. The molecule has 6 nitrogen and oxygen atoms in total. The highest BCUT2D eigenvalue weighted by Crippen LogP contribution is 2.22. The lowest BCUT2D eigenvalue weighted by atomic mass is 10.2. The van der Waals surface area contributed by atoms with Crippen LogP contribution in [0.25, 0.3) is 11.0 Å². The van der Waals surface area contributed by atoms with Crippen LogP contribution in [0.3, 0.4) is 0 Å². The van der Waals surface area contributed by atoms with Crippen molar-refractivity contribution in [2.24, 2.45) is 7.05 Å². The molecule has 94 valence electrons. The number of aryl methyl sites for hydroxylation is 1. The van der Waals surface area contributed by atoms with Crippen molar-refractivity contribution in [3.8, 4) is 6.07 Å². The van der Waals surface area contributed by atoms with Gasteiger partial charge in [0.05, 0.1) is 22.7 Å². The molecule has 19 heavy (non-hydrogen) atoms. The summed E-state index contributed by atoms with van der Waals surface area (Å²) in [6, 6.07) is 7.63. The third kappa shape index (κ3) is 1.76. The van der Waals surface area contributed by atoms with Crippen LogP contribution in [0.4, 0.5) is 0 Å². The fourth-order valence-electron chi connectivity index (χ4n) is 2.20. The van der Waals surface area contributed by atoms with E-state index < -0.39 is 0 Å². The average Bonchev–Trinajstić information content (AvgIpc) is 3.06. The Morgan fingerprint density at radius 3 is 2.89 bits per heavy atom. The second-order valence-corrected chi connectivity index (χ2v) is 4.40. The third-order valence-electron chi connectivity index (χ3n) is 3.25. The molecule has 0 spiro atoms. The van der Waals surface area contributed by atoms with Crippen LogP contribution >= 0.6 is 0 Å². The number of hydrogen-bond acceptors (Lipinski definition) is 4. The summed E-state index contributed by atoms with van der Waals surface area (Å²) in [5, 5.41) is 13.1. The topological polar surface area (TPSA) is 72.3 Å². The molecular weight excluding hydrogens is 240 g/mol. The lowest BCUT2D eigenvalue weighted by molar-refractivity contribution is 0.522. The Morgan fingerprint density at radius 1 is 1.37 bits per heavy atom. The molecule has 3 rings (SSSR count). The van der Waals surface area contributed by atoms with Crippen LogP contribution in [0.1, 0.15) is 24.4 Å². The van der Waals surface area contributed by atoms with Gasteiger partial charge in [-0.15, -0.1) is 0 Å². The lowest BCUT2D eigenvalue weighted by Gasteiger charge is -2.11. The molecule has 0 aliphatic heterocycles. The van der Waals surface area contributed by atoms with Crippen molar-refractivity contribution in [1.29, 1.82) is 5.26 Å². The molecule has 1 atom stereocenters. The van der Waals surface area contributed by atoms with Crippen molar-refractivity contribution in [3.05, 3.63) is 42.2 Å². The normalized spacial score (nSPS) is 12.5. The van der Waals surface area contributed by atoms with Gasteiger partial charge in [-0.3, -0.25) is 0 Å². The third-order valence-corrected chi connectivity index (χ3v) is 3.25. The quantitative estimate of drug-likeness (QED) is 0.695. The van der Waals surface area contributed by atoms with Gasteiger partial charge in [0.25, 0.3) is 0 Å². The highest BCUT2D eigenvalue weighted by atomic mass is 15.3. The van der Waals surface area contributed by atoms with E-state index in [0.29, 0.717) is 5.56 Å². The van der Waals surface area contributed by atoms with Crippen molar-refractivity contribution >= 4 is 11.0 Å². The van der Waals surface area contributed by atoms with Gasteiger partial charge in [0.2, 0.25) is 0 Å². The SMILES string of the molecule is CC(c1nc2cc(C#N)ccc2n1C)n1cncn1. The number of nitriles is 1. The van der Waals surface area contributed by atoms with Crippen molar-refractivity contribution in [3.63, 3.8) is 0 Å². The van der Waals surface area contributed by atoms with Gasteiger partial charge in [-0.05, 0) is 25.1 Å². The molecule has 2 heterocycles. The van der Waals surface area contributed by atoms with Gasteiger partial charge < -0.3 is 4.57 Å². The standard InChI is InChI=1S/C13H12N6/c1-9(19-8-15-7-16-19)13-17-11-5-10(6-14)3-4-12(11)18(13)2/h3-5,7-9H,1-2H3. The second kappa shape index (κ2) is 4.21. The summed E-state index contributed by atoms with van der Waals surface area (Å²) in [4.78, 5) is 8.55. The van der Waals surface area contributed by atoms with Crippen LogP contribution < -0.4 is 0 Å². The van der Waals surface area contributed by atoms with Gasteiger partial charge in [0.15, 0.2) is 0 Å². The molecule has 0 saturated heterocycles. The summed E-state index contributed by atoms with van der Waals surface area (Å²) < 4.78 is 3.77. The molecule has 0 bridgehead atoms. The first-order chi connectivity index (χ1) is 9.20. The van der Waals surface area contributed by atoms with Crippen molar-refractivity contribution in [2.45, 2.75) is 13.0 Å².